The van der Waals surface area contributed by atoms with Gasteiger partial charge in [0.05, 0.1) is 5.56 Å². The molecule has 114 valence electrons. The SMILES string of the molecule is CC1C(=O)NCCN1C(=O)Nc1cccc(C(F)(F)F)c1. The van der Waals surface area contributed by atoms with Crippen LogP contribution in [0.5, 0.6) is 0 Å². The van der Waals surface area contributed by atoms with Gasteiger partial charge in [-0.15, -0.1) is 0 Å². The Hall–Kier alpha value is -2.25. The van der Waals surface area contributed by atoms with Crippen molar-refractivity contribution in [2.24, 2.45) is 0 Å². The normalized spacial score (nSPS) is 19.1. The highest BCUT2D eigenvalue weighted by atomic mass is 19.4. The van der Waals surface area contributed by atoms with E-state index in [4.69, 9.17) is 0 Å². The third-order valence-corrected chi connectivity index (χ3v) is 3.20. The Labute approximate surface area is 119 Å². The molecule has 1 fully saturated rings. The number of nitrogens with zero attached hydrogens (tertiary/aromatic N) is 1. The van der Waals surface area contributed by atoms with Gasteiger partial charge in [-0.1, -0.05) is 6.07 Å². The summed E-state index contributed by atoms with van der Waals surface area (Å²) in [5.41, 5.74) is -0.808. The first-order valence-electron chi connectivity index (χ1n) is 6.31. The molecule has 2 N–H and O–H groups in total. The van der Waals surface area contributed by atoms with Crippen LogP contribution in [0.25, 0.3) is 0 Å². The fourth-order valence-electron chi connectivity index (χ4n) is 2.03. The Bertz CT molecular complexity index is 560. The minimum absolute atomic E-state index is 0.0352. The van der Waals surface area contributed by atoms with E-state index in [-0.39, 0.29) is 11.6 Å². The predicted octanol–water partition coefficient (Wildman–Crippen LogP) is 2.06. The van der Waals surface area contributed by atoms with Gasteiger partial charge >= 0.3 is 12.2 Å². The number of rotatable bonds is 1. The summed E-state index contributed by atoms with van der Waals surface area (Å²) in [5.74, 6) is -0.291. The highest BCUT2D eigenvalue weighted by molar-refractivity contribution is 5.94. The fraction of sp³-hybridized carbons (Fsp3) is 0.385. The van der Waals surface area contributed by atoms with Gasteiger partial charge in [0.2, 0.25) is 5.91 Å². The van der Waals surface area contributed by atoms with Crippen LogP contribution in [-0.4, -0.2) is 36.0 Å². The Kier molecular flexibility index (Phi) is 4.06. The molecule has 21 heavy (non-hydrogen) atoms. The number of nitrogens with one attached hydrogen (secondary N) is 2. The van der Waals surface area contributed by atoms with Crippen molar-refractivity contribution in [1.82, 2.24) is 10.2 Å². The average Bonchev–Trinajstić information content (AvgIpc) is 2.41. The number of hydrogen-bond acceptors (Lipinski definition) is 2. The number of benzene rings is 1. The average molecular weight is 301 g/mol. The lowest BCUT2D eigenvalue weighted by Crippen LogP contribution is -2.56. The number of carbonyl (C=O) groups excluding carboxylic acids is 2. The van der Waals surface area contributed by atoms with Crippen LogP contribution in [0.3, 0.4) is 0 Å². The molecular weight excluding hydrogens is 287 g/mol. The van der Waals surface area contributed by atoms with Gasteiger partial charge in [0, 0.05) is 18.8 Å². The number of hydrogen-bond donors (Lipinski definition) is 2. The van der Waals surface area contributed by atoms with Crippen LogP contribution >= 0.6 is 0 Å². The number of carbonyl (C=O) groups is 2. The lowest BCUT2D eigenvalue weighted by atomic mass is 10.2. The molecule has 0 bridgehead atoms. The Balaban J connectivity index is 2.11. The number of urea groups is 1. The first-order valence-corrected chi connectivity index (χ1v) is 6.31. The van der Waals surface area contributed by atoms with Crippen molar-refractivity contribution >= 4 is 17.6 Å². The summed E-state index contributed by atoms with van der Waals surface area (Å²) in [4.78, 5) is 24.8. The summed E-state index contributed by atoms with van der Waals surface area (Å²) < 4.78 is 37.8. The molecule has 2 rings (SSSR count). The standard InChI is InChI=1S/C13H14F3N3O2/c1-8-11(20)17-5-6-19(8)12(21)18-10-4-2-3-9(7-10)13(14,15)16/h2-4,7-8H,5-6H2,1H3,(H,17,20)(H,18,21). The molecule has 0 radical (unpaired) electrons. The first kappa shape index (κ1) is 15.1. The molecule has 1 aromatic carbocycles. The maximum Gasteiger partial charge on any atom is 0.416 e. The topological polar surface area (TPSA) is 61.4 Å². The van der Waals surface area contributed by atoms with E-state index in [1.807, 2.05) is 0 Å². The van der Waals surface area contributed by atoms with Gasteiger partial charge in [-0.2, -0.15) is 13.2 Å². The highest BCUT2D eigenvalue weighted by Crippen LogP contribution is 2.30. The van der Waals surface area contributed by atoms with E-state index in [1.54, 1.807) is 6.92 Å². The Morgan fingerprint density at radius 3 is 2.81 bits per heavy atom. The van der Waals surface area contributed by atoms with Crippen molar-refractivity contribution in [1.29, 1.82) is 0 Å². The van der Waals surface area contributed by atoms with E-state index in [2.05, 4.69) is 10.6 Å². The second-order valence-corrected chi connectivity index (χ2v) is 4.67. The molecule has 1 heterocycles. The summed E-state index contributed by atoms with van der Waals surface area (Å²) in [6, 6.07) is 3.09. The second kappa shape index (κ2) is 5.63. The van der Waals surface area contributed by atoms with Gasteiger partial charge in [0.1, 0.15) is 6.04 Å². The van der Waals surface area contributed by atoms with Gasteiger partial charge in [-0.25, -0.2) is 4.79 Å². The summed E-state index contributed by atoms with van der Waals surface area (Å²) in [6.07, 6.45) is -4.47. The number of anilines is 1. The van der Waals surface area contributed by atoms with Crippen molar-refractivity contribution in [3.63, 3.8) is 0 Å². The predicted molar refractivity (Wildman–Crippen MR) is 69.6 cm³/mol. The number of alkyl halides is 3. The van der Waals surface area contributed by atoms with E-state index >= 15 is 0 Å². The molecule has 1 aliphatic heterocycles. The molecule has 0 aromatic heterocycles. The van der Waals surface area contributed by atoms with Crippen LogP contribution in [0.2, 0.25) is 0 Å². The van der Waals surface area contributed by atoms with Crippen LogP contribution in [-0.2, 0) is 11.0 Å². The minimum Gasteiger partial charge on any atom is -0.353 e. The lowest BCUT2D eigenvalue weighted by Gasteiger charge is -2.32. The molecule has 3 amide bonds. The lowest BCUT2D eigenvalue weighted by molar-refractivity contribution is -0.137. The maximum absolute atomic E-state index is 12.6. The van der Waals surface area contributed by atoms with Crippen molar-refractivity contribution in [2.45, 2.75) is 19.1 Å². The minimum atomic E-state index is -4.47. The van der Waals surface area contributed by atoms with E-state index in [9.17, 15) is 22.8 Å². The number of piperazine rings is 1. The Morgan fingerprint density at radius 1 is 1.43 bits per heavy atom. The van der Waals surface area contributed by atoms with Crippen molar-refractivity contribution in [3.05, 3.63) is 29.8 Å². The molecule has 1 aromatic rings. The summed E-state index contributed by atoms with van der Waals surface area (Å²) >= 11 is 0. The first-order chi connectivity index (χ1) is 9.79. The molecule has 0 aliphatic carbocycles. The second-order valence-electron chi connectivity index (χ2n) is 4.67. The van der Waals surface area contributed by atoms with Crippen molar-refractivity contribution < 1.29 is 22.8 Å². The summed E-state index contributed by atoms with van der Waals surface area (Å²) in [6.45, 7) is 2.18. The van der Waals surface area contributed by atoms with E-state index in [0.29, 0.717) is 13.1 Å². The van der Waals surface area contributed by atoms with Crippen LogP contribution in [0, 0.1) is 0 Å². The molecule has 0 spiro atoms. The molecule has 8 heteroatoms. The van der Waals surface area contributed by atoms with Crippen LogP contribution in [0.1, 0.15) is 12.5 Å². The van der Waals surface area contributed by atoms with Gasteiger partial charge in [-0.3, -0.25) is 4.79 Å². The van der Waals surface area contributed by atoms with E-state index in [0.717, 1.165) is 12.1 Å². The smallest absolute Gasteiger partial charge is 0.353 e. The quantitative estimate of drug-likeness (QED) is 0.834. The van der Waals surface area contributed by atoms with Crippen molar-refractivity contribution in [2.75, 3.05) is 18.4 Å². The number of halogens is 3. The van der Waals surface area contributed by atoms with Crippen LogP contribution < -0.4 is 10.6 Å². The zero-order valence-corrected chi connectivity index (χ0v) is 11.2. The molecule has 0 saturated carbocycles. The molecule has 1 unspecified atom stereocenters. The summed E-state index contributed by atoms with van der Waals surface area (Å²) in [5, 5.41) is 4.98. The van der Waals surface area contributed by atoms with Crippen molar-refractivity contribution in [3.8, 4) is 0 Å². The van der Waals surface area contributed by atoms with Gasteiger partial charge in [-0.05, 0) is 25.1 Å². The highest BCUT2D eigenvalue weighted by Gasteiger charge is 2.32. The van der Waals surface area contributed by atoms with Crippen LogP contribution in [0.4, 0.5) is 23.7 Å². The Morgan fingerprint density at radius 2 is 2.14 bits per heavy atom. The maximum atomic E-state index is 12.6. The third-order valence-electron chi connectivity index (χ3n) is 3.20. The molecule has 1 saturated heterocycles. The van der Waals surface area contributed by atoms with Gasteiger partial charge in [0.25, 0.3) is 0 Å². The fourth-order valence-corrected chi connectivity index (χ4v) is 2.03. The van der Waals surface area contributed by atoms with E-state index < -0.39 is 23.8 Å². The molecule has 5 nitrogen and oxygen atoms in total. The zero-order chi connectivity index (χ0) is 15.6. The molecule has 1 atom stereocenters. The van der Waals surface area contributed by atoms with E-state index in [1.165, 1.54) is 17.0 Å². The third kappa shape index (κ3) is 3.45. The number of amides is 3. The van der Waals surface area contributed by atoms with Gasteiger partial charge in [0.15, 0.2) is 0 Å². The molecule has 1 aliphatic rings. The zero-order valence-electron chi connectivity index (χ0n) is 11.2. The monoisotopic (exact) mass is 301 g/mol. The summed E-state index contributed by atoms with van der Waals surface area (Å²) in [7, 11) is 0. The van der Waals surface area contributed by atoms with Crippen LogP contribution in [0.15, 0.2) is 24.3 Å². The largest absolute Gasteiger partial charge is 0.416 e. The molecular formula is C13H14F3N3O2. The van der Waals surface area contributed by atoms with Gasteiger partial charge < -0.3 is 15.5 Å².